The molecule has 30 heavy (non-hydrogen) atoms. The van der Waals surface area contributed by atoms with Gasteiger partial charge in [0.25, 0.3) is 0 Å². The van der Waals surface area contributed by atoms with Gasteiger partial charge in [-0.2, -0.15) is 0 Å². The fourth-order valence-electron chi connectivity index (χ4n) is 3.64. The summed E-state index contributed by atoms with van der Waals surface area (Å²) in [5.41, 5.74) is 2.86. The van der Waals surface area contributed by atoms with Gasteiger partial charge in [-0.1, -0.05) is 41.9 Å². The molecule has 1 atom stereocenters. The largest absolute Gasteiger partial charge is 0.355 e. The highest BCUT2D eigenvalue weighted by Crippen LogP contribution is 2.28. The van der Waals surface area contributed by atoms with Crippen molar-refractivity contribution in [3.05, 3.63) is 69.5 Å². The first-order chi connectivity index (χ1) is 14.5. The molecule has 7 heteroatoms. The zero-order chi connectivity index (χ0) is 21.1. The van der Waals surface area contributed by atoms with Crippen molar-refractivity contribution in [1.82, 2.24) is 10.3 Å². The first-order valence-electron chi connectivity index (χ1n) is 9.89. The minimum Gasteiger partial charge on any atom is -0.355 e. The number of amides is 2. The highest BCUT2D eigenvalue weighted by molar-refractivity contribution is 7.12. The van der Waals surface area contributed by atoms with Gasteiger partial charge in [-0.15, -0.1) is 11.3 Å². The number of benzene rings is 2. The number of carbonyl (C=O) groups excluding carboxylic acids is 2. The van der Waals surface area contributed by atoms with Crippen molar-refractivity contribution in [3.63, 3.8) is 0 Å². The van der Waals surface area contributed by atoms with Crippen LogP contribution in [0.15, 0.2) is 54.6 Å². The highest BCUT2D eigenvalue weighted by atomic mass is 35.5. The summed E-state index contributed by atoms with van der Waals surface area (Å²) in [4.78, 5) is 32.8. The van der Waals surface area contributed by atoms with Crippen molar-refractivity contribution < 1.29 is 9.59 Å². The lowest BCUT2D eigenvalue weighted by Crippen LogP contribution is -2.37. The predicted octanol–water partition coefficient (Wildman–Crippen LogP) is 4.48. The molecule has 0 radical (unpaired) electrons. The second-order valence-electron chi connectivity index (χ2n) is 7.23. The molecule has 1 fully saturated rings. The van der Waals surface area contributed by atoms with E-state index in [1.54, 1.807) is 40.5 Å². The van der Waals surface area contributed by atoms with Crippen LogP contribution in [-0.2, 0) is 16.0 Å². The molecule has 1 aliphatic rings. The van der Waals surface area contributed by atoms with Gasteiger partial charge >= 0.3 is 0 Å². The van der Waals surface area contributed by atoms with E-state index in [0.29, 0.717) is 31.0 Å². The number of nitrogens with zero attached hydrogens (tertiary/aromatic N) is 2. The van der Waals surface area contributed by atoms with Gasteiger partial charge in [0.15, 0.2) is 0 Å². The van der Waals surface area contributed by atoms with Gasteiger partial charge in [0, 0.05) is 40.7 Å². The summed E-state index contributed by atoms with van der Waals surface area (Å²) in [6, 6.07) is 17.2. The van der Waals surface area contributed by atoms with Gasteiger partial charge in [-0.25, -0.2) is 4.98 Å². The number of nitrogens with one attached hydrogen (secondary N) is 1. The molecule has 1 saturated heterocycles. The van der Waals surface area contributed by atoms with Crippen molar-refractivity contribution >= 4 is 40.4 Å². The zero-order valence-corrected chi connectivity index (χ0v) is 18.2. The van der Waals surface area contributed by atoms with Gasteiger partial charge in [0.2, 0.25) is 11.8 Å². The van der Waals surface area contributed by atoms with Gasteiger partial charge in [0.05, 0.1) is 10.7 Å². The summed E-state index contributed by atoms with van der Waals surface area (Å²) in [6.45, 7) is 3.06. The van der Waals surface area contributed by atoms with E-state index < -0.39 is 5.92 Å². The second kappa shape index (κ2) is 8.98. The van der Waals surface area contributed by atoms with Crippen LogP contribution >= 0.6 is 22.9 Å². The van der Waals surface area contributed by atoms with E-state index in [1.165, 1.54) is 0 Å². The maximum atomic E-state index is 12.7. The summed E-state index contributed by atoms with van der Waals surface area (Å²) in [5, 5.41) is 4.51. The second-order valence-corrected chi connectivity index (χ2v) is 8.95. The molecule has 0 bridgehead atoms. The van der Waals surface area contributed by atoms with E-state index in [2.05, 4.69) is 12.2 Å². The van der Waals surface area contributed by atoms with Crippen LogP contribution in [0.2, 0.25) is 5.02 Å². The molecule has 1 aromatic heterocycles. The lowest BCUT2D eigenvalue weighted by atomic mass is 10.1. The van der Waals surface area contributed by atoms with Gasteiger partial charge < -0.3 is 10.2 Å². The number of thiazole rings is 1. The van der Waals surface area contributed by atoms with Crippen molar-refractivity contribution in [2.45, 2.75) is 19.8 Å². The number of hydrogen-bond donors (Lipinski definition) is 1. The minimum absolute atomic E-state index is 0.161. The number of aromatic nitrogens is 1. The molecule has 2 heterocycles. The average Bonchev–Trinajstić information content (AvgIpc) is 3.32. The molecule has 154 valence electrons. The minimum atomic E-state index is -0.640. The Morgan fingerprint density at radius 2 is 1.93 bits per heavy atom. The topological polar surface area (TPSA) is 62.3 Å². The Morgan fingerprint density at radius 1 is 1.20 bits per heavy atom. The molecule has 3 aromatic rings. The smallest absolute Gasteiger partial charge is 0.239 e. The molecular weight excluding hydrogens is 418 g/mol. The Kier molecular flexibility index (Phi) is 6.16. The number of rotatable bonds is 6. The van der Waals surface area contributed by atoms with E-state index in [0.717, 1.165) is 26.8 Å². The van der Waals surface area contributed by atoms with Gasteiger partial charge in [-0.3, -0.25) is 9.59 Å². The molecule has 2 amide bonds. The van der Waals surface area contributed by atoms with E-state index in [9.17, 15) is 9.59 Å². The summed E-state index contributed by atoms with van der Waals surface area (Å²) >= 11 is 7.56. The Labute approximate surface area is 184 Å². The maximum Gasteiger partial charge on any atom is 0.239 e. The molecule has 2 aromatic carbocycles. The molecular formula is C23H22ClN3O2S. The van der Waals surface area contributed by atoms with E-state index in [-0.39, 0.29) is 11.8 Å². The van der Waals surface area contributed by atoms with Crippen LogP contribution in [0.4, 0.5) is 5.69 Å². The fraction of sp³-hybridized carbons (Fsp3) is 0.261. The average molecular weight is 440 g/mol. The van der Waals surface area contributed by atoms with Crippen LogP contribution in [0.1, 0.15) is 16.3 Å². The Bertz CT molecular complexity index is 1050. The maximum absolute atomic E-state index is 12.7. The first kappa shape index (κ1) is 20.6. The summed E-state index contributed by atoms with van der Waals surface area (Å²) in [7, 11) is 0. The van der Waals surface area contributed by atoms with Crippen LogP contribution < -0.4 is 10.2 Å². The highest BCUT2D eigenvalue weighted by Gasteiger charge is 2.37. The Hall–Kier alpha value is -2.70. The van der Waals surface area contributed by atoms with Crippen LogP contribution in [0.25, 0.3) is 11.3 Å². The lowest BCUT2D eigenvalue weighted by Gasteiger charge is -2.16. The SMILES string of the molecule is Cc1sc(CCNC(=O)C2CCN(c3ccc(Cl)cc3)C2=O)nc1-c1ccccc1. The molecule has 0 saturated carbocycles. The predicted molar refractivity (Wildman–Crippen MR) is 121 cm³/mol. The Balaban J connectivity index is 1.32. The molecule has 4 rings (SSSR count). The summed E-state index contributed by atoms with van der Waals surface area (Å²) in [5.74, 6) is -1.02. The van der Waals surface area contributed by atoms with E-state index >= 15 is 0 Å². The van der Waals surface area contributed by atoms with Gasteiger partial charge in [-0.05, 0) is 37.6 Å². The summed E-state index contributed by atoms with van der Waals surface area (Å²) < 4.78 is 0. The third-order valence-electron chi connectivity index (χ3n) is 5.19. The summed E-state index contributed by atoms with van der Waals surface area (Å²) in [6.07, 6.45) is 1.16. The van der Waals surface area contributed by atoms with Crippen LogP contribution in [0, 0.1) is 12.8 Å². The monoisotopic (exact) mass is 439 g/mol. The molecule has 1 unspecified atom stereocenters. The quantitative estimate of drug-likeness (QED) is 0.576. The van der Waals surface area contributed by atoms with Crippen molar-refractivity contribution in [1.29, 1.82) is 0 Å². The number of carbonyl (C=O) groups is 2. The normalized spacial score (nSPS) is 16.1. The number of aryl methyl sites for hydroxylation is 1. The van der Waals surface area contributed by atoms with Crippen molar-refractivity contribution in [2.24, 2.45) is 5.92 Å². The number of halogens is 1. The van der Waals surface area contributed by atoms with E-state index in [4.69, 9.17) is 16.6 Å². The fourth-order valence-corrected chi connectivity index (χ4v) is 4.72. The zero-order valence-electron chi connectivity index (χ0n) is 16.6. The third-order valence-corrected chi connectivity index (χ3v) is 6.47. The first-order valence-corrected chi connectivity index (χ1v) is 11.1. The van der Waals surface area contributed by atoms with Crippen LogP contribution in [-0.4, -0.2) is 29.9 Å². The number of anilines is 1. The molecule has 1 aliphatic heterocycles. The molecule has 5 nitrogen and oxygen atoms in total. The standard InChI is InChI=1S/C23H22ClN3O2S/c1-15-21(16-5-3-2-4-6-16)26-20(30-15)11-13-25-22(28)19-12-14-27(23(19)29)18-9-7-17(24)8-10-18/h2-10,19H,11-14H2,1H3,(H,25,28). The van der Waals surface area contributed by atoms with Gasteiger partial charge in [0.1, 0.15) is 5.92 Å². The van der Waals surface area contributed by atoms with Crippen LogP contribution in [0.5, 0.6) is 0 Å². The van der Waals surface area contributed by atoms with E-state index in [1.807, 2.05) is 30.3 Å². The van der Waals surface area contributed by atoms with Crippen molar-refractivity contribution in [3.8, 4) is 11.3 Å². The Morgan fingerprint density at radius 3 is 2.67 bits per heavy atom. The number of hydrogen-bond acceptors (Lipinski definition) is 4. The molecule has 1 N–H and O–H groups in total. The molecule has 0 spiro atoms. The third kappa shape index (κ3) is 4.40. The molecule has 0 aliphatic carbocycles. The van der Waals surface area contributed by atoms with Crippen LogP contribution in [0.3, 0.4) is 0 Å². The lowest BCUT2D eigenvalue weighted by molar-refractivity contribution is -0.132. The van der Waals surface area contributed by atoms with Crippen molar-refractivity contribution in [2.75, 3.05) is 18.0 Å².